The third-order valence-electron chi connectivity index (χ3n) is 5.57. The Kier molecular flexibility index (Phi) is 6.53. The van der Waals surface area contributed by atoms with Crippen LogP contribution >= 0.6 is 0 Å². The molecular formula is C21H30N2O3. The Morgan fingerprint density at radius 2 is 1.77 bits per heavy atom. The number of nitrogens with zero attached hydrogens (tertiary/aromatic N) is 2. The highest BCUT2D eigenvalue weighted by Crippen LogP contribution is 2.31. The molecule has 2 amide bonds. The maximum absolute atomic E-state index is 13.1. The van der Waals surface area contributed by atoms with Crippen LogP contribution in [0.4, 0.5) is 0 Å². The molecule has 0 saturated carbocycles. The SMILES string of the molecule is COc1ccc(C2CCCCCN2C(=O)CN2CCCCCC2=O)cc1. The third kappa shape index (κ3) is 4.57. The number of hydrogen-bond donors (Lipinski definition) is 0. The Morgan fingerprint density at radius 3 is 2.54 bits per heavy atom. The lowest BCUT2D eigenvalue weighted by atomic mass is 10.0. The first kappa shape index (κ1) is 18.7. The summed E-state index contributed by atoms with van der Waals surface area (Å²) in [4.78, 5) is 29.1. The van der Waals surface area contributed by atoms with Crippen molar-refractivity contribution in [2.75, 3.05) is 26.7 Å². The van der Waals surface area contributed by atoms with E-state index < -0.39 is 0 Å². The van der Waals surface area contributed by atoms with Crippen molar-refractivity contribution in [2.45, 2.75) is 57.4 Å². The van der Waals surface area contributed by atoms with Gasteiger partial charge in [0.1, 0.15) is 5.75 Å². The molecule has 2 aliphatic heterocycles. The lowest BCUT2D eigenvalue weighted by molar-refractivity contribution is -0.141. The predicted octanol–water partition coefficient (Wildman–Crippen LogP) is 3.54. The number of benzene rings is 1. The van der Waals surface area contributed by atoms with Gasteiger partial charge in [-0.3, -0.25) is 9.59 Å². The second-order valence-electron chi connectivity index (χ2n) is 7.35. The number of methoxy groups -OCH3 is 1. The summed E-state index contributed by atoms with van der Waals surface area (Å²) < 4.78 is 5.25. The molecule has 1 aromatic carbocycles. The van der Waals surface area contributed by atoms with Gasteiger partial charge in [-0.1, -0.05) is 31.4 Å². The minimum absolute atomic E-state index is 0.0861. The first-order valence-corrected chi connectivity index (χ1v) is 9.90. The number of hydrogen-bond acceptors (Lipinski definition) is 3. The largest absolute Gasteiger partial charge is 0.497 e. The molecule has 1 atom stereocenters. The fraction of sp³-hybridized carbons (Fsp3) is 0.619. The number of likely N-dealkylation sites (tertiary alicyclic amines) is 2. The summed E-state index contributed by atoms with van der Waals surface area (Å²) in [5.41, 5.74) is 1.16. The van der Waals surface area contributed by atoms with Gasteiger partial charge in [-0.25, -0.2) is 0 Å². The van der Waals surface area contributed by atoms with E-state index in [-0.39, 0.29) is 24.4 Å². The Hall–Kier alpha value is -2.04. The van der Waals surface area contributed by atoms with E-state index in [9.17, 15) is 9.59 Å². The van der Waals surface area contributed by atoms with Gasteiger partial charge < -0.3 is 14.5 Å². The van der Waals surface area contributed by atoms with E-state index >= 15 is 0 Å². The van der Waals surface area contributed by atoms with Crippen LogP contribution in [-0.2, 0) is 9.59 Å². The van der Waals surface area contributed by atoms with Crippen molar-refractivity contribution >= 4 is 11.8 Å². The number of carbonyl (C=O) groups excluding carboxylic acids is 2. The van der Waals surface area contributed by atoms with Crippen molar-refractivity contribution in [3.63, 3.8) is 0 Å². The Balaban J connectivity index is 1.74. The highest BCUT2D eigenvalue weighted by molar-refractivity contribution is 5.85. The monoisotopic (exact) mass is 358 g/mol. The average molecular weight is 358 g/mol. The van der Waals surface area contributed by atoms with E-state index in [1.165, 1.54) is 0 Å². The molecule has 0 bridgehead atoms. The predicted molar refractivity (Wildman–Crippen MR) is 101 cm³/mol. The molecule has 2 saturated heterocycles. The highest BCUT2D eigenvalue weighted by Gasteiger charge is 2.29. The number of carbonyl (C=O) groups is 2. The van der Waals surface area contributed by atoms with Gasteiger partial charge in [0.25, 0.3) is 0 Å². The summed E-state index contributed by atoms with van der Waals surface area (Å²) in [5, 5.41) is 0. The molecule has 5 heteroatoms. The van der Waals surface area contributed by atoms with Crippen LogP contribution in [0.3, 0.4) is 0 Å². The Morgan fingerprint density at radius 1 is 1.04 bits per heavy atom. The highest BCUT2D eigenvalue weighted by atomic mass is 16.5. The van der Waals surface area contributed by atoms with Crippen molar-refractivity contribution in [3.05, 3.63) is 29.8 Å². The Labute approximate surface area is 156 Å². The summed E-state index contributed by atoms with van der Waals surface area (Å²) >= 11 is 0. The molecule has 3 rings (SSSR count). The van der Waals surface area contributed by atoms with Crippen molar-refractivity contribution in [2.24, 2.45) is 0 Å². The maximum atomic E-state index is 13.1. The normalized spacial score (nSPS) is 21.9. The molecule has 1 aromatic rings. The van der Waals surface area contributed by atoms with Gasteiger partial charge in [-0.2, -0.15) is 0 Å². The molecule has 0 aliphatic carbocycles. The molecule has 142 valence electrons. The lowest BCUT2D eigenvalue weighted by Gasteiger charge is -2.32. The van der Waals surface area contributed by atoms with Crippen LogP contribution in [0.1, 0.15) is 63.0 Å². The molecule has 0 N–H and O–H groups in total. The average Bonchev–Trinajstić information content (AvgIpc) is 3.03. The Bertz CT molecular complexity index is 614. The first-order valence-electron chi connectivity index (χ1n) is 9.90. The van der Waals surface area contributed by atoms with E-state index in [1.54, 1.807) is 12.0 Å². The number of amides is 2. The fourth-order valence-electron chi connectivity index (χ4n) is 4.04. The molecular weight excluding hydrogens is 328 g/mol. The second-order valence-corrected chi connectivity index (χ2v) is 7.35. The zero-order chi connectivity index (χ0) is 18.4. The summed E-state index contributed by atoms with van der Waals surface area (Å²) in [6, 6.07) is 8.14. The topological polar surface area (TPSA) is 49.9 Å². The van der Waals surface area contributed by atoms with E-state index in [2.05, 4.69) is 12.1 Å². The van der Waals surface area contributed by atoms with Crippen molar-refractivity contribution in [1.29, 1.82) is 0 Å². The number of ether oxygens (including phenoxy) is 1. The van der Waals surface area contributed by atoms with Gasteiger partial charge in [-0.05, 0) is 43.4 Å². The van der Waals surface area contributed by atoms with Gasteiger partial charge >= 0.3 is 0 Å². The van der Waals surface area contributed by atoms with E-state index in [1.807, 2.05) is 17.0 Å². The molecule has 0 radical (unpaired) electrons. The molecule has 0 spiro atoms. The quantitative estimate of drug-likeness (QED) is 0.827. The zero-order valence-corrected chi connectivity index (χ0v) is 15.8. The lowest BCUT2D eigenvalue weighted by Crippen LogP contribution is -2.44. The second kappa shape index (κ2) is 9.06. The van der Waals surface area contributed by atoms with E-state index in [0.717, 1.165) is 62.8 Å². The standard InChI is InChI=1S/C21H30N2O3/c1-26-18-12-10-17(11-13-18)19-8-4-2-7-15-23(19)21(25)16-22-14-6-3-5-9-20(22)24/h10-13,19H,2-9,14-16H2,1H3. The van der Waals surface area contributed by atoms with Gasteiger partial charge in [-0.15, -0.1) is 0 Å². The van der Waals surface area contributed by atoms with Crippen LogP contribution in [0.5, 0.6) is 5.75 Å². The fourth-order valence-corrected chi connectivity index (χ4v) is 4.04. The minimum atomic E-state index is 0.0861. The molecule has 0 aromatic heterocycles. The van der Waals surface area contributed by atoms with Crippen LogP contribution in [0.15, 0.2) is 24.3 Å². The molecule has 2 heterocycles. The first-order chi connectivity index (χ1) is 12.7. The van der Waals surface area contributed by atoms with Crippen LogP contribution in [0.25, 0.3) is 0 Å². The van der Waals surface area contributed by atoms with Crippen molar-refractivity contribution in [1.82, 2.24) is 9.80 Å². The van der Waals surface area contributed by atoms with E-state index in [0.29, 0.717) is 13.0 Å². The summed E-state index contributed by atoms with van der Waals surface area (Å²) in [6.07, 6.45) is 7.90. The van der Waals surface area contributed by atoms with Crippen molar-refractivity contribution in [3.8, 4) is 5.75 Å². The van der Waals surface area contributed by atoms with E-state index in [4.69, 9.17) is 4.74 Å². The summed E-state index contributed by atoms with van der Waals surface area (Å²) in [5.74, 6) is 1.05. The molecule has 2 fully saturated rings. The van der Waals surface area contributed by atoms with Crippen LogP contribution in [-0.4, -0.2) is 48.4 Å². The van der Waals surface area contributed by atoms with Crippen LogP contribution in [0.2, 0.25) is 0 Å². The van der Waals surface area contributed by atoms with Gasteiger partial charge in [0.15, 0.2) is 0 Å². The zero-order valence-electron chi connectivity index (χ0n) is 15.8. The van der Waals surface area contributed by atoms with Gasteiger partial charge in [0, 0.05) is 19.5 Å². The van der Waals surface area contributed by atoms with Crippen LogP contribution in [0, 0.1) is 0 Å². The maximum Gasteiger partial charge on any atom is 0.242 e. The molecule has 2 aliphatic rings. The third-order valence-corrected chi connectivity index (χ3v) is 5.57. The molecule has 5 nitrogen and oxygen atoms in total. The van der Waals surface area contributed by atoms with Crippen molar-refractivity contribution < 1.29 is 14.3 Å². The summed E-state index contributed by atoms with van der Waals surface area (Å²) in [6.45, 7) is 1.72. The minimum Gasteiger partial charge on any atom is -0.497 e. The molecule has 26 heavy (non-hydrogen) atoms. The molecule has 1 unspecified atom stereocenters. The van der Waals surface area contributed by atoms with Gasteiger partial charge in [0.05, 0.1) is 19.7 Å². The van der Waals surface area contributed by atoms with Crippen LogP contribution < -0.4 is 4.74 Å². The summed E-state index contributed by atoms with van der Waals surface area (Å²) in [7, 11) is 1.66. The van der Waals surface area contributed by atoms with Gasteiger partial charge in [0.2, 0.25) is 11.8 Å². The smallest absolute Gasteiger partial charge is 0.242 e. The number of rotatable bonds is 4.